The maximum atomic E-state index is 11.6. The van der Waals surface area contributed by atoms with Gasteiger partial charge in [0.1, 0.15) is 13.2 Å². The quantitative estimate of drug-likeness (QED) is 0.849. The van der Waals surface area contributed by atoms with Crippen LogP contribution in [0.2, 0.25) is 5.02 Å². The Balaban J connectivity index is 1.78. The number of nitrogens with one attached hydrogen (secondary N) is 1. The number of ether oxygens (including phenoxy) is 1. The van der Waals surface area contributed by atoms with Gasteiger partial charge in [-0.3, -0.25) is 4.79 Å². The van der Waals surface area contributed by atoms with Crippen LogP contribution in [0.25, 0.3) is 0 Å². The van der Waals surface area contributed by atoms with E-state index in [0.717, 1.165) is 11.3 Å². The Morgan fingerprint density at radius 2 is 1.74 bits per heavy atom. The lowest BCUT2D eigenvalue weighted by Crippen LogP contribution is -2.16. The average molecular weight is 276 g/mol. The lowest BCUT2D eigenvalue weighted by atomic mass is 10.2. The van der Waals surface area contributed by atoms with Crippen molar-refractivity contribution in [2.45, 2.75) is 6.61 Å². The molecule has 0 amide bonds. The summed E-state index contributed by atoms with van der Waals surface area (Å²) in [5.41, 5.74) is 1.69. The first-order valence-electron chi connectivity index (χ1n) is 5.93. The fraction of sp³-hybridized carbons (Fsp3) is 0.133. The number of halogens is 1. The summed E-state index contributed by atoms with van der Waals surface area (Å²) in [6, 6.07) is 16.8. The normalized spacial score (nSPS) is 9.95. The van der Waals surface area contributed by atoms with Crippen LogP contribution in [0.4, 0.5) is 5.69 Å². The van der Waals surface area contributed by atoms with Crippen molar-refractivity contribution in [2.24, 2.45) is 0 Å². The van der Waals surface area contributed by atoms with Gasteiger partial charge in [-0.25, -0.2) is 0 Å². The standard InChI is InChI=1S/C15H14ClNO2/c16-14-9-5-4-6-12(14)11-19-15(18)10-17-13-7-2-1-3-8-13/h1-9,17H,10-11H2. The molecule has 0 saturated heterocycles. The van der Waals surface area contributed by atoms with E-state index >= 15 is 0 Å². The SMILES string of the molecule is O=C(CNc1ccccc1)OCc1ccccc1Cl. The van der Waals surface area contributed by atoms with Gasteiger partial charge in [-0.1, -0.05) is 48.0 Å². The number of esters is 1. The maximum absolute atomic E-state index is 11.6. The minimum absolute atomic E-state index is 0.133. The van der Waals surface area contributed by atoms with Crippen molar-refractivity contribution in [2.75, 3.05) is 11.9 Å². The van der Waals surface area contributed by atoms with Gasteiger partial charge in [0, 0.05) is 16.3 Å². The first-order chi connectivity index (χ1) is 9.25. The lowest BCUT2D eigenvalue weighted by Gasteiger charge is -2.08. The van der Waals surface area contributed by atoms with Crippen LogP contribution in [0.1, 0.15) is 5.56 Å². The van der Waals surface area contributed by atoms with Gasteiger partial charge in [-0.2, -0.15) is 0 Å². The van der Waals surface area contributed by atoms with E-state index in [2.05, 4.69) is 5.32 Å². The van der Waals surface area contributed by atoms with E-state index in [4.69, 9.17) is 16.3 Å². The van der Waals surface area contributed by atoms with Crippen molar-refractivity contribution in [3.8, 4) is 0 Å². The molecule has 1 N–H and O–H groups in total. The van der Waals surface area contributed by atoms with Gasteiger partial charge >= 0.3 is 5.97 Å². The first kappa shape index (κ1) is 13.4. The van der Waals surface area contributed by atoms with E-state index in [1.807, 2.05) is 48.5 Å². The Bertz CT molecular complexity index is 543. The summed E-state index contributed by atoms with van der Waals surface area (Å²) in [4.78, 5) is 11.6. The van der Waals surface area contributed by atoms with Crippen LogP contribution in [0.15, 0.2) is 54.6 Å². The van der Waals surface area contributed by atoms with Crippen LogP contribution in [0.5, 0.6) is 0 Å². The largest absolute Gasteiger partial charge is 0.459 e. The predicted molar refractivity (Wildman–Crippen MR) is 76.2 cm³/mol. The highest BCUT2D eigenvalue weighted by atomic mass is 35.5. The highest BCUT2D eigenvalue weighted by molar-refractivity contribution is 6.31. The van der Waals surface area contributed by atoms with Gasteiger partial charge in [0.25, 0.3) is 0 Å². The number of anilines is 1. The molecule has 0 spiro atoms. The van der Waals surface area contributed by atoms with Gasteiger partial charge in [0.05, 0.1) is 0 Å². The number of benzene rings is 2. The molecule has 0 aliphatic heterocycles. The smallest absolute Gasteiger partial charge is 0.325 e. The third kappa shape index (κ3) is 4.30. The molecule has 0 atom stereocenters. The number of hydrogen-bond donors (Lipinski definition) is 1. The molecule has 4 heteroatoms. The van der Waals surface area contributed by atoms with Crippen molar-refractivity contribution < 1.29 is 9.53 Å². The minimum Gasteiger partial charge on any atom is -0.459 e. The molecule has 0 fully saturated rings. The van der Waals surface area contributed by atoms with Crippen LogP contribution in [-0.2, 0) is 16.1 Å². The number of carbonyl (C=O) groups excluding carboxylic acids is 1. The van der Waals surface area contributed by atoms with Gasteiger partial charge in [-0.05, 0) is 18.2 Å². The summed E-state index contributed by atoms with van der Waals surface area (Å²) in [7, 11) is 0. The van der Waals surface area contributed by atoms with Crippen LogP contribution in [-0.4, -0.2) is 12.5 Å². The average Bonchev–Trinajstić information content (AvgIpc) is 2.45. The maximum Gasteiger partial charge on any atom is 0.325 e. The third-order valence-electron chi connectivity index (χ3n) is 2.56. The summed E-state index contributed by atoms with van der Waals surface area (Å²) in [5, 5.41) is 3.59. The van der Waals surface area contributed by atoms with E-state index in [-0.39, 0.29) is 19.1 Å². The fourth-order valence-electron chi connectivity index (χ4n) is 1.55. The van der Waals surface area contributed by atoms with Crippen LogP contribution in [0, 0.1) is 0 Å². The molecule has 0 heterocycles. The van der Waals surface area contributed by atoms with Gasteiger partial charge < -0.3 is 10.1 Å². The zero-order valence-corrected chi connectivity index (χ0v) is 11.1. The predicted octanol–water partition coefficient (Wildman–Crippen LogP) is 3.50. The van der Waals surface area contributed by atoms with Crippen molar-refractivity contribution in [3.05, 3.63) is 65.2 Å². The molecule has 2 rings (SSSR count). The Morgan fingerprint density at radius 1 is 1.05 bits per heavy atom. The van der Waals surface area contributed by atoms with Crippen molar-refractivity contribution in [3.63, 3.8) is 0 Å². The van der Waals surface area contributed by atoms with E-state index in [1.54, 1.807) is 6.07 Å². The fourth-order valence-corrected chi connectivity index (χ4v) is 1.75. The molecule has 0 aromatic heterocycles. The highest BCUT2D eigenvalue weighted by Gasteiger charge is 2.05. The van der Waals surface area contributed by atoms with Gasteiger partial charge in [0.2, 0.25) is 0 Å². The molecule has 98 valence electrons. The summed E-state index contributed by atoms with van der Waals surface area (Å²) >= 11 is 5.97. The highest BCUT2D eigenvalue weighted by Crippen LogP contribution is 2.15. The number of rotatable bonds is 5. The summed E-state index contributed by atoms with van der Waals surface area (Å²) in [6.45, 7) is 0.323. The van der Waals surface area contributed by atoms with E-state index in [1.165, 1.54) is 0 Å². The second kappa shape index (κ2) is 6.81. The Hall–Kier alpha value is -2.00. The molecule has 0 saturated carbocycles. The number of para-hydroxylation sites is 1. The van der Waals surface area contributed by atoms with Crippen molar-refractivity contribution in [1.29, 1.82) is 0 Å². The summed E-state index contributed by atoms with van der Waals surface area (Å²) in [6.07, 6.45) is 0. The van der Waals surface area contributed by atoms with E-state index in [0.29, 0.717) is 5.02 Å². The molecular formula is C15H14ClNO2. The number of carbonyl (C=O) groups is 1. The zero-order chi connectivity index (χ0) is 13.5. The second-order valence-electron chi connectivity index (χ2n) is 3.97. The first-order valence-corrected chi connectivity index (χ1v) is 6.31. The van der Waals surface area contributed by atoms with Crippen molar-refractivity contribution in [1.82, 2.24) is 0 Å². The van der Waals surface area contributed by atoms with Crippen LogP contribution < -0.4 is 5.32 Å². The summed E-state index contributed by atoms with van der Waals surface area (Å²) in [5.74, 6) is -0.316. The molecule has 0 bridgehead atoms. The molecule has 0 unspecified atom stereocenters. The topological polar surface area (TPSA) is 38.3 Å². The van der Waals surface area contributed by atoms with Gasteiger partial charge in [0.15, 0.2) is 0 Å². The molecule has 2 aromatic carbocycles. The Labute approximate surface area is 117 Å². The molecular weight excluding hydrogens is 262 g/mol. The van der Waals surface area contributed by atoms with Crippen LogP contribution in [0.3, 0.4) is 0 Å². The third-order valence-corrected chi connectivity index (χ3v) is 2.93. The molecule has 0 aliphatic carbocycles. The summed E-state index contributed by atoms with van der Waals surface area (Å²) < 4.78 is 5.14. The minimum atomic E-state index is -0.316. The lowest BCUT2D eigenvalue weighted by molar-refractivity contribution is -0.142. The zero-order valence-electron chi connectivity index (χ0n) is 10.3. The Kier molecular flexibility index (Phi) is 4.81. The van der Waals surface area contributed by atoms with E-state index in [9.17, 15) is 4.79 Å². The molecule has 2 aromatic rings. The van der Waals surface area contributed by atoms with Gasteiger partial charge in [-0.15, -0.1) is 0 Å². The molecule has 3 nitrogen and oxygen atoms in total. The molecule has 0 aliphatic rings. The van der Waals surface area contributed by atoms with Crippen molar-refractivity contribution >= 4 is 23.3 Å². The number of hydrogen-bond acceptors (Lipinski definition) is 3. The monoisotopic (exact) mass is 275 g/mol. The van der Waals surface area contributed by atoms with E-state index < -0.39 is 0 Å². The molecule has 19 heavy (non-hydrogen) atoms. The Morgan fingerprint density at radius 3 is 2.47 bits per heavy atom. The van der Waals surface area contributed by atoms with Crippen LogP contribution >= 0.6 is 11.6 Å². The molecule has 0 radical (unpaired) electrons. The second-order valence-corrected chi connectivity index (χ2v) is 4.38.